The molecule has 0 aliphatic rings. The first kappa shape index (κ1) is 18.9. The van der Waals surface area contributed by atoms with E-state index in [2.05, 4.69) is 9.71 Å². The number of pyridine rings is 1. The van der Waals surface area contributed by atoms with Gasteiger partial charge in [-0.05, 0) is 38.3 Å². The van der Waals surface area contributed by atoms with Crippen molar-refractivity contribution in [3.8, 4) is 0 Å². The third kappa shape index (κ3) is 4.56. The number of nitrogens with one attached hydrogen (secondary N) is 1. The summed E-state index contributed by atoms with van der Waals surface area (Å²) in [6.07, 6.45) is 0. The van der Waals surface area contributed by atoms with Crippen molar-refractivity contribution >= 4 is 11.4 Å². The molecule has 2 rings (SSSR count). The van der Waals surface area contributed by atoms with Gasteiger partial charge in [-0.2, -0.15) is 4.39 Å². The van der Waals surface area contributed by atoms with E-state index in [0.717, 1.165) is 5.56 Å². The van der Waals surface area contributed by atoms with Crippen LogP contribution in [0.25, 0.3) is 0 Å². The first-order valence-corrected chi connectivity index (χ1v) is 9.24. The highest BCUT2D eigenvalue weighted by Crippen LogP contribution is 2.26. The summed E-state index contributed by atoms with van der Waals surface area (Å²) in [5.74, 6) is -0.398. The van der Waals surface area contributed by atoms with Gasteiger partial charge < -0.3 is 4.55 Å². The quantitative estimate of drug-likeness (QED) is 0.640. The Bertz CT molecular complexity index is 671. The summed E-state index contributed by atoms with van der Waals surface area (Å²) in [5, 5.41) is 0. The largest absolute Gasteiger partial charge is 0.598 e. The van der Waals surface area contributed by atoms with Gasteiger partial charge in [-0.3, -0.25) is 0 Å². The molecular weight excluding hydrogens is 323 g/mol. The van der Waals surface area contributed by atoms with Crippen molar-refractivity contribution in [2.75, 3.05) is 0 Å². The number of rotatable bonds is 5. The third-order valence-corrected chi connectivity index (χ3v) is 5.29. The lowest BCUT2D eigenvalue weighted by Crippen LogP contribution is -2.41. The zero-order valence-corrected chi connectivity index (χ0v) is 15.7. The van der Waals surface area contributed by atoms with Crippen LogP contribution in [0.5, 0.6) is 0 Å². The van der Waals surface area contributed by atoms with E-state index >= 15 is 0 Å². The highest BCUT2D eigenvalue weighted by atomic mass is 32.2. The second-order valence-electron chi connectivity index (χ2n) is 7.11. The van der Waals surface area contributed by atoms with E-state index in [-0.39, 0.29) is 5.92 Å². The van der Waals surface area contributed by atoms with Crippen molar-refractivity contribution in [2.45, 2.75) is 51.3 Å². The molecule has 0 radical (unpaired) electrons. The van der Waals surface area contributed by atoms with Crippen LogP contribution in [0.15, 0.2) is 42.5 Å². The van der Waals surface area contributed by atoms with Gasteiger partial charge in [0.25, 0.3) is 0 Å². The Labute approximate surface area is 147 Å². The minimum Gasteiger partial charge on any atom is -0.598 e. The van der Waals surface area contributed by atoms with Gasteiger partial charge in [0.15, 0.2) is 0 Å². The van der Waals surface area contributed by atoms with Crippen LogP contribution in [-0.4, -0.2) is 14.3 Å². The summed E-state index contributed by atoms with van der Waals surface area (Å²) in [4.78, 5) is 4.14. The van der Waals surface area contributed by atoms with E-state index in [4.69, 9.17) is 0 Å². The van der Waals surface area contributed by atoms with Gasteiger partial charge >= 0.3 is 0 Å². The van der Waals surface area contributed by atoms with Crippen LogP contribution in [-0.2, 0) is 11.4 Å². The molecule has 2 aromatic rings. The third-order valence-electron chi connectivity index (χ3n) is 3.73. The topological polar surface area (TPSA) is 48.0 Å². The first-order chi connectivity index (χ1) is 11.2. The van der Waals surface area contributed by atoms with Crippen LogP contribution in [0.4, 0.5) is 4.39 Å². The number of hydrogen-bond acceptors (Lipinski definition) is 3. The number of hydrogen-bond donors (Lipinski definition) is 1. The molecule has 0 spiro atoms. The van der Waals surface area contributed by atoms with Crippen molar-refractivity contribution in [1.29, 1.82) is 0 Å². The lowest BCUT2D eigenvalue weighted by Gasteiger charge is -2.28. The molecule has 2 atom stereocenters. The number of halogens is 1. The van der Waals surface area contributed by atoms with E-state index in [1.807, 2.05) is 71.0 Å². The second kappa shape index (κ2) is 7.64. The average molecular weight is 348 g/mol. The molecule has 3 nitrogen and oxygen atoms in total. The summed E-state index contributed by atoms with van der Waals surface area (Å²) in [7, 11) is 0. The van der Waals surface area contributed by atoms with Gasteiger partial charge in [0, 0.05) is 16.9 Å². The molecule has 1 unspecified atom stereocenters. The van der Waals surface area contributed by atoms with Crippen LogP contribution in [0, 0.1) is 5.95 Å². The predicted octanol–water partition coefficient (Wildman–Crippen LogP) is 4.49. The van der Waals surface area contributed by atoms with Gasteiger partial charge in [-0.1, -0.05) is 50.2 Å². The highest BCUT2D eigenvalue weighted by Gasteiger charge is 2.31. The molecule has 0 bridgehead atoms. The van der Waals surface area contributed by atoms with Crippen LogP contribution >= 0.6 is 0 Å². The van der Waals surface area contributed by atoms with Crippen LogP contribution in [0.1, 0.15) is 63.4 Å². The fourth-order valence-electron chi connectivity index (χ4n) is 2.28. The SMILES string of the molecule is CC(C)c1ccc(C(N[S@+]([O-])C(C)(C)C)c2ccccc2)nc1F. The summed E-state index contributed by atoms with van der Waals surface area (Å²) >= 11 is -1.30. The van der Waals surface area contributed by atoms with Crippen molar-refractivity contribution in [2.24, 2.45) is 0 Å². The molecule has 5 heteroatoms. The number of nitrogens with zero attached hydrogens (tertiary/aromatic N) is 1. The van der Waals surface area contributed by atoms with Crippen molar-refractivity contribution in [3.63, 3.8) is 0 Å². The smallest absolute Gasteiger partial charge is 0.216 e. The van der Waals surface area contributed by atoms with Crippen molar-refractivity contribution < 1.29 is 8.94 Å². The molecule has 130 valence electrons. The van der Waals surface area contributed by atoms with E-state index in [9.17, 15) is 8.94 Å². The van der Waals surface area contributed by atoms with Gasteiger partial charge in [-0.15, -0.1) is 4.72 Å². The zero-order valence-electron chi connectivity index (χ0n) is 14.8. The van der Waals surface area contributed by atoms with E-state index in [1.54, 1.807) is 6.07 Å². The summed E-state index contributed by atoms with van der Waals surface area (Å²) in [5.41, 5.74) is 2.02. The summed E-state index contributed by atoms with van der Waals surface area (Å²) in [6.45, 7) is 9.55. The normalized spacial score (nSPS) is 14.7. The average Bonchev–Trinajstić information content (AvgIpc) is 2.51. The molecule has 1 N–H and O–H groups in total. The maximum absolute atomic E-state index is 14.3. The maximum atomic E-state index is 14.3. The minimum absolute atomic E-state index is 0.0680. The van der Waals surface area contributed by atoms with Crippen LogP contribution in [0.3, 0.4) is 0 Å². The Balaban J connectivity index is 2.41. The van der Waals surface area contributed by atoms with Gasteiger partial charge in [0.1, 0.15) is 10.8 Å². The van der Waals surface area contributed by atoms with E-state index in [1.165, 1.54) is 0 Å². The van der Waals surface area contributed by atoms with Crippen LogP contribution in [0.2, 0.25) is 0 Å². The highest BCUT2D eigenvalue weighted by molar-refractivity contribution is 7.90. The molecule has 1 aromatic heterocycles. The Hall–Kier alpha value is -1.43. The molecular formula is C19H25FN2OS. The maximum Gasteiger partial charge on any atom is 0.216 e. The Kier molecular flexibility index (Phi) is 6.01. The summed E-state index contributed by atoms with van der Waals surface area (Å²) in [6, 6.07) is 12.7. The fraction of sp³-hybridized carbons (Fsp3) is 0.421. The van der Waals surface area contributed by atoms with Gasteiger partial charge in [0.05, 0.1) is 5.69 Å². The predicted molar refractivity (Wildman–Crippen MR) is 97.6 cm³/mol. The monoisotopic (exact) mass is 348 g/mol. The molecule has 24 heavy (non-hydrogen) atoms. The molecule has 0 amide bonds. The lowest BCUT2D eigenvalue weighted by molar-refractivity contribution is 0.523. The molecule has 1 aromatic carbocycles. The Morgan fingerprint density at radius 3 is 2.21 bits per heavy atom. The van der Waals surface area contributed by atoms with E-state index in [0.29, 0.717) is 11.3 Å². The standard InChI is InChI=1S/C19H25FN2OS/c1-13(2)15-11-12-16(21-18(15)20)17(14-9-7-6-8-10-14)22-24(23)19(3,4)5/h6-13,17,22H,1-5H3/t17?,24-/m1/s1. The molecule has 0 saturated carbocycles. The lowest BCUT2D eigenvalue weighted by atomic mass is 10.0. The first-order valence-electron chi connectivity index (χ1n) is 8.09. The second-order valence-corrected chi connectivity index (χ2v) is 9.11. The van der Waals surface area contributed by atoms with Crippen molar-refractivity contribution in [3.05, 3.63) is 65.2 Å². The molecule has 0 aliphatic heterocycles. The Morgan fingerprint density at radius 2 is 1.71 bits per heavy atom. The number of benzene rings is 1. The molecule has 1 heterocycles. The minimum atomic E-state index is -1.30. The molecule has 0 aliphatic carbocycles. The molecule has 0 fully saturated rings. The summed E-state index contributed by atoms with van der Waals surface area (Å²) < 4.78 is 29.6. The Morgan fingerprint density at radius 1 is 1.08 bits per heavy atom. The van der Waals surface area contributed by atoms with Crippen molar-refractivity contribution in [1.82, 2.24) is 9.71 Å². The zero-order chi connectivity index (χ0) is 17.9. The van der Waals surface area contributed by atoms with Gasteiger partial charge in [-0.25, -0.2) is 4.98 Å². The molecule has 0 saturated heterocycles. The van der Waals surface area contributed by atoms with Gasteiger partial charge in [0.2, 0.25) is 5.95 Å². The fourth-order valence-corrected chi connectivity index (χ4v) is 3.10. The van der Waals surface area contributed by atoms with Crippen LogP contribution < -0.4 is 4.72 Å². The van der Waals surface area contributed by atoms with E-state index < -0.39 is 28.1 Å². The number of aromatic nitrogens is 1.